The number of hydrogen-bond donors (Lipinski definition) is 2. The minimum Gasteiger partial charge on any atom is -0.373 e. The Morgan fingerprint density at radius 2 is 2.26 bits per heavy atom. The second-order valence-electron chi connectivity index (χ2n) is 4.90. The molecule has 0 saturated carbocycles. The number of hydrogen-bond acceptors (Lipinski definition) is 3. The van der Waals surface area contributed by atoms with E-state index in [1.165, 1.54) is 18.4 Å². The minimum absolute atomic E-state index is 0.0436. The smallest absolute Gasteiger partial charge is 0.251 e. The summed E-state index contributed by atoms with van der Waals surface area (Å²) in [6.45, 7) is 2.05. The van der Waals surface area contributed by atoms with E-state index in [0.29, 0.717) is 11.4 Å². The van der Waals surface area contributed by atoms with Gasteiger partial charge >= 0.3 is 0 Å². The lowest BCUT2D eigenvalue weighted by atomic mass is 9.94. The number of carbonyl (C=O) groups is 1. The first kappa shape index (κ1) is 13.6. The van der Waals surface area contributed by atoms with Gasteiger partial charge in [-0.1, -0.05) is 11.6 Å². The molecule has 2 N–H and O–H groups in total. The molecule has 2 rings (SSSR count). The van der Waals surface area contributed by atoms with Gasteiger partial charge in [-0.3, -0.25) is 4.79 Å². The predicted molar refractivity (Wildman–Crippen MR) is 77.3 cm³/mol. The van der Waals surface area contributed by atoms with Gasteiger partial charge in [0.2, 0.25) is 0 Å². The van der Waals surface area contributed by atoms with Crippen molar-refractivity contribution in [2.45, 2.75) is 38.6 Å². The molecule has 0 fully saturated rings. The molecule has 0 spiro atoms. The van der Waals surface area contributed by atoms with Crippen molar-refractivity contribution in [2.24, 2.45) is 0 Å². The monoisotopic (exact) mass is 259 g/mol. The summed E-state index contributed by atoms with van der Waals surface area (Å²) in [6.07, 6.45) is 8.63. The molecule has 102 valence electrons. The van der Waals surface area contributed by atoms with Gasteiger partial charge in [-0.05, 0) is 44.7 Å². The molecule has 4 heteroatoms. The molecule has 0 aromatic carbocycles. The Bertz CT molecular complexity index is 482. The molecule has 19 heavy (non-hydrogen) atoms. The highest BCUT2D eigenvalue weighted by Crippen LogP contribution is 2.20. The summed E-state index contributed by atoms with van der Waals surface area (Å²) in [4.78, 5) is 16.3. The van der Waals surface area contributed by atoms with Gasteiger partial charge in [-0.2, -0.15) is 0 Å². The fourth-order valence-corrected chi connectivity index (χ4v) is 2.34. The third kappa shape index (κ3) is 3.56. The normalized spacial score (nSPS) is 16.4. The topological polar surface area (TPSA) is 54.0 Å². The molecule has 1 aromatic heterocycles. The predicted octanol–water partition coefficient (Wildman–Crippen LogP) is 2.74. The number of amides is 1. The van der Waals surface area contributed by atoms with Crippen LogP contribution in [0.15, 0.2) is 30.0 Å². The highest BCUT2D eigenvalue weighted by atomic mass is 16.1. The molecule has 1 aliphatic rings. The van der Waals surface area contributed by atoms with Gasteiger partial charge in [0.25, 0.3) is 5.91 Å². The molecule has 4 nitrogen and oxygen atoms in total. The Labute approximate surface area is 114 Å². The summed E-state index contributed by atoms with van der Waals surface area (Å²) in [5, 5.41) is 5.99. The van der Waals surface area contributed by atoms with Gasteiger partial charge in [0.05, 0.1) is 0 Å². The van der Waals surface area contributed by atoms with Crippen LogP contribution in [0.4, 0.5) is 5.82 Å². The van der Waals surface area contributed by atoms with Crippen LogP contribution < -0.4 is 10.6 Å². The molecule has 1 amide bonds. The largest absolute Gasteiger partial charge is 0.373 e. The van der Waals surface area contributed by atoms with E-state index in [9.17, 15) is 4.79 Å². The van der Waals surface area contributed by atoms with E-state index >= 15 is 0 Å². The lowest BCUT2D eigenvalue weighted by Crippen LogP contribution is -2.34. The molecule has 0 saturated heterocycles. The summed E-state index contributed by atoms with van der Waals surface area (Å²) in [5.41, 5.74) is 1.99. The van der Waals surface area contributed by atoms with Crippen LogP contribution in [-0.4, -0.2) is 24.0 Å². The molecule has 1 atom stereocenters. The molecular formula is C15H21N3O. The summed E-state index contributed by atoms with van der Waals surface area (Å²) < 4.78 is 0. The zero-order valence-corrected chi connectivity index (χ0v) is 11.6. The van der Waals surface area contributed by atoms with E-state index in [1.54, 1.807) is 25.4 Å². The average molecular weight is 259 g/mol. The molecule has 1 aliphatic carbocycles. The SMILES string of the molecule is CNc1cc(C(=O)N[C@@H](C)C2=CCCCC2)ccn1. The van der Waals surface area contributed by atoms with Gasteiger partial charge in [0, 0.05) is 24.8 Å². The van der Waals surface area contributed by atoms with Gasteiger partial charge in [-0.15, -0.1) is 0 Å². The zero-order valence-electron chi connectivity index (χ0n) is 11.6. The van der Waals surface area contributed by atoms with Crippen LogP contribution in [0.5, 0.6) is 0 Å². The molecule has 0 bridgehead atoms. The molecule has 0 radical (unpaired) electrons. The van der Waals surface area contributed by atoms with Crippen LogP contribution in [0.1, 0.15) is 43.0 Å². The maximum atomic E-state index is 12.2. The quantitative estimate of drug-likeness (QED) is 0.817. The Morgan fingerprint density at radius 1 is 1.42 bits per heavy atom. The first-order chi connectivity index (χ1) is 9.20. The Kier molecular flexibility index (Phi) is 4.55. The van der Waals surface area contributed by atoms with Crippen LogP contribution in [0.25, 0.3) is 0 Å². The molecule has 1 aromatic rings. The van der Waals surface area contributed by atoms with Gasteiger partial charge in [0.1, 0.15) is 5.82 Å². The number of rotatable bonds is 4. The Hall–Kier alpha value is -1.84. The summed E-state index contributed by atoms with van der Waals surface area (Å²) >= 11 is 0. The Morgan fingerprint density at radius 3 is 2.95 bits per heavy atom. The number of pyridine rings is 1. The second kappa shape index (κ2) is 6.36. The van der Waals surface area contributed by atoms with E-state index in [4.69, 9.17) is 0 Å². The van der Waals surface area contributed by atoms with E-state index in [-0.39, 0.29) is 11.9 Å². The average Bonchev–Trinajstić information content (AvgIpc) is 2.48. The van der Waals surface area contributed by atoms with Crippen molar-refractivity contribution in [3.8, 4) is 0 Å². The van der Waals surface area contributed by atoms with Crippen molar-refractivity contribution < 1.29 is 4.79 Å². The molecular weight excluding hydrogens is 238 g/mol. The van der Waals surface area contributed by atoms with E-state index < -0.39 is 0 Å². The highest BCUT2D eigenvalue weighted by Gasteiger charge is 2.15. The number of nitrogens with zero attached hydrogens (tertiary/aromatic N) is 1. The van der Waals surface area contributed by atoms with Gasteiger partial charge in [0.15, 0.2) is 0 Å². The van der Waals surface area contributed by atoms with E-state index in [0.717, 1.165) is 12.8 Å². The minimum atomic E-state index is -0.0436. The second-order valence-corrected chi connectivity index (χ2v) is 4.90. The molecule has 0 aliphatic heterocycles. The number of carbonyl (C=O) groups excluding carboxylic acids is 1. The number of anilines is 1. The van der Waals surface area contributed by atoms with Gasteiger partial charge < -0.3 is 10.6 Å². The third-order valence-electron chi connectivity index (χ3n) is 3.51. The van der Waals surface area contributed by atoms with E-state index in [2.05, 4.69) is 28.6 Å². The lowest BCUT2D eigenvalue weighted by Gasteiger charge is -2.21. The first-order valence-electron chi connectivity index (χ1n) is 6.84. The van der Waals surface area contributed by atoms with Crippen molar-refractivity contribution in [3.05, 3.63) is 35.5 Å². The van der Waals surface area contributed by atoms with Crippen molar-refractivity contribution in [2.75, 3.05) is 12.4 Å². The summed E-state index contributed by atoms with van der Waals surface area (Å²) in [5.74, 6) is 0.662. The van der Waals surface area contributed by atoms with Crippen LogP contribution in [0.3, 0.4) is 0 Å². The van der Waals surface area contributed by atoms with Crippen LogP contribution in [0, 0.1) is 0 Å². The van der Waals surface area contributed by atoms with Crippen LogP contribution in [-0.2, 0) is 0 Å². The standard InChI is InChI=1S/C15H21N3O/c1-11(12-6-4-3-5-7-12)18-15(19)13-8-9-17-14(10-13)16-2/h6,8-11H,3-5,7H2,1-2H3,(H,16,17)(H,18,19)/t11-/m0/s1. The van der Waals surface area contributed by atoms with Crippen molar-refractivity contribution in [1.29, 1.82) is 0 Å². The highest BCUT2D eigenvalue weighted by molar-refractivity contribution is 5.95. The van der Waals surface area contributed by atoms with Gasteiger partial charge in [-0.25, -0.2) is 4.98 Å². The summed E-state index contributed by atoms with van der Waals surface area (Å²) in [6, 6.07) is 3.61. The molecule has 1 heterocycles. The zero-order chi connectivity index (χ0) is 13.7. The third-order valence-corrected chi connectivity index (χ3v) is 3.51. The molecule has 0 unspecified atom stereocenters. The van der Waals surface area contributed by atoms with E-state index in [1.807, 2.05) is 0 Å². The number of aromatic nitrogens is 1. The maximum Gasteiger partial charge on any atom is 0.251 e. The number of nitrogens with one attached hydrogen (secondary N) is 2. The van der Waals surface area contributed by atoms with Crippen molar-refractivity contribution in [3.63, 3.8) is 0 Å². The van der Waals surface area contributed by atoms with Crippen LogP contribution in [0.2, 0.25) is 0 Å². The fraction of sp³-hybridized carbons (Fsp3) is 0.467. The first-order valence-corrected chi connectivity index (χ1v) is 6.84. The van der Waals surface area contributed by atoms with Crippen LogP contribution >= 0.6 is 0 Å². The van der Waals surface area contributed by atoms with Crippen molar-refractivity contribution >= 4 is 11.7 Å². The fourth-order valence-electron chi connectivity index (χ4n) is 2.34. The number of allylic oxidation sites excluding steroid dienone is 1. The lowest BCUT2D eigenvalue weighted by molar-refractivity contribution is 0.0944. The van der Waals surface area contributed by atoms with Crippen molar-refractivity contribution in [1.82, 2.24) is 10.3 Å². The summed E-state index contributed by atoms with van der Waals surface area (Å²) in [7, 11) is 1.79. The Balaban J connectivity index is 2.01. The maximum absolute atomic E-state index is 12.2.